The third-order valence-corrected chi connectivity index (χ3v) is 4.90. The molecule has 2 aliphatic rings. The van der Waals surface area contributed by atoms with E-state index in [9.17, 15) is 9.59 Å². The molecule has 1 amide bonds. The molecule has 1 saturated heterocycles. The van der Waals surface area contributed by atoms with Gasteiger partial charge in [-0.15, -0.1) is 5.10 Å². The summed E-state index contributed by atoms with van der Waals surface area (Å²) in [6.07, 6.45) is 2.91. The Bertz CT molecular complexity index is 502. The van der Waals surface area contributed by atoms with Gasteiger partial charge in [0.15, 0.2) is 0 Å². The highest BCUT2D eigenvalue weighted by Crippen LogP contribution is 2.36. The van der Waals surface area contributed by atoms with E-state index in [-0.39, 0.29) is 22.8 Å². The minimum Gasteiger partial charge on any atom is -0.345 e. The zero-order valence-electron chi connectivity index (χ0n) is 10.1. The van der Waals surface area contributed by atoms with E-state index in [1.807, 2.05) is 0 Å². The highest BCUT2D eigenvalue weighted by molar-refractivity contribution is 8.14. The standard InChI is InChI=1S/C10H13N5O2S2/c16-8(11-7-3-4-18-9(7)17)5-19-10-12-13-14-15(10)6-1-2-6/h6-7H,1-5H2,(H,11,16)/t7-/m0/s1. The minimum atomic E-state index is -0.322. The summed E-state index contributed by atoms with van der Waals surface area (Å²) in [5.41, 5.74) is 0. The fraction of sp³-hybridized carbons (Fsp3) is 0.700. The Kier molecular flexibility index (Phi) is 3.74. The van der Waals surface area contributed by atoms with Crippen molar-refractivity contribution in [2.75, 3.05) is 11.5 Å². The van der Waals surface area contributed by atoms with Gasteiger partial charge in [0.1, 0.15) is 0 Å². The van der Waals surface area contributed by atoms with E-state index in [0.29, 0.717) is 11.2 Å². The number of nitrogens with one attached hydrogen (secondary N) is 1. The molecule has 2 fully saturated rings. The van der Waals surface area contributed by atoms with Gasteiger partial charge in [0, 0.05) is 5.75 Å². The van der Waals surface area contributed by atoms with Crippen molar-refractivity contribution in [2.45, 2.75) is 36.5 Å². The Morgan fingerprint density at radius 1 is 1.47 bits per heavy atom. The van der Waals surface area contributed by atoms with Gasteiger partial charge in [-0.1, -0.05) is 23.5 Å². The van der Waals surface area contributed by atoms with Gasteiger partial charge >= 0.3 is 0 Å². The number of tetrazole rings is 1. The Hall–Kier alpha value is -1.09. The van der Waals surface area contributed by atoms with Crippen LogP contribution in [-0.2, 0) is 9.59 Å². The number of hydrogen-bond donors (Lipinski definition) is 1. The van der Waals surface area contributed by atoms with Crippen LogP contribution in [0.3, 0.4) is 0 Å². The van der Waals surface area contributed by atoms with Crippen molar-refractivity contribution in [1.82, 2.24) is 25.5 Å². The van der Waals surface area contributed by atoms with Crippen molar-refractivity contribution in [3.8, 4) is 0 Å². The van der Waals surface area contributed by atoms with Gasteiger partial charge in [-0.05, 0) is 29.7 Å². The average Bonchev–Trinajstić information content (AvgIpc) is 3.00. The molecule has 1 aliphatic heterocycles. The molecule has 0 unspecified atom stereocenters. The van der Waals surface area contributed by atoms with Crippen LogP contribution in [0, 0.1) is 0 Å². The molecule has 3 rings (SSSR count). The van der Waals surface area contributed by atoms with Crippen LogP contribution in [0.2, 0.25) is 0 Å². The topological polar surface area (TPSA) is 89.8 Å². The maximum absolute atomic E-state index is 11.8. The summed E-state index contributed by atoms with van der Waals surface area (Å²) in [6, 6.07) is 0.0749. The fourth-order valence-electron chi connectivity index (χ4n) is 1.82. The van der Waals surface area contributed by atoms with Crippen molar-refractivity contribution >= 4 is 34.5 Å². The Morgan fingerprint density at radius 2 is 2.32 bits per heavy atom. The van der Waals surface area contributed by atoms with E-state index >= 15 is 0 Å². The number of thioether (sulfide) groups is 2. The van der Waals surface area contributed by atoms with Gasteiger partial charge < -0.3 is 5.32 Å². The second-order valence-corrected chi connectivity index (χ2v) is 6.54. The second kappa shape index (κ2) is 5.49. The largest absolute Gasteiger partial charge is 0.345 e. The normalized spacial score (nSPS) is 22.7. The lowest BCUT2D eigenvalue weighted by atomic mass is 10.2. The first-order chi connectivity index (χ1) is 9.24. The van der Waals surface area contributed by atoms with Gasteiger partial charge in [-0.25, -0.2) is 4.68 Å². The SMILES string of the molecule is O=C(CSc1nnnn1C1CC1)N[C@H]1CCSC1=O. The van der Waals surface area contributed by atoms with Crippen molar-refractivity contribution in [3.63, 3.8) is 0 Å². The van der Waals surface area contributed by atoms with E-state index in [0.717, 1.165) is 25.0 Å². The number of carbonyl (C=O) groups excluding carboxylic acids is 2. The molecule has 102 valence electrons. The summed E-state index contributed by atoms with van der Waals surface area (Å²) in [7, 11) is 0. The molecule has 0 aromatic carbocycles. The molecular formula is C10H13N5O2S2. The number of amides is 1. The molecule has 0 radical (unpaired) electrons. The molecule has 0 bridgehead atoms. The number of nitrogens with zero attached hydrogens (tertiary/aromatic N) is 4. The summed E-state index contributed by atoms with van der Waals surface area (Å²) in [4.78, 5) is 23.2. The first-order valence-electron chi connectivity index (χ1n) is 6.10. The molecule has 1 atom stereocenters. The average molecular weight is 299 g/mol. The van der Waals surface area contributed by atoms with Gasteiger partial charge in [0.2, 0.25) is 16.2 Å². The number of hydrogen-bond acceptors (Lipinski definition) is 7. The van der Waals surface area contributed by atoms with E-state index < -0.39 is 0 Å². The van der Waals surface area contributed by atoms with Gasteiger partial charge in [-0.2, -0.15) is 0 Å². The quantitative estimate of drug-likeness (QED) is 0.779. The molecule has 1 aromatic rings. The maximum atomic E-state index is 11.8. The van der Waals surface area contributed by atoms with Crippen molar-refractivity contribution in [3.05, 3.63) is 0 Å². The van der Waals surface area contributed by atoms with Crippen molar-refractivity contribution in [1.29, 1.82) is 0 Å². The third-order valence-electron chi connectivity index (χ3n) is 2.96. The lowest BCUT2D eigenvalue weighted by molar-refractivity contribution is -0.122. The van der Waals surface area contributed by atoms with E-state index in [2.05, 4.69) is 20.8 Å². The fourth-order valence-corrected chi connectivity index (χ4v) is 3.51. The lowest BCUT2D eigenvalue weighted by Gasteiger charge is -2.09. The number of rotatable bonds is 5. The highest BCUT2D eigenvalue weighted by Gasteiger charge is 2.29. The molecule has 1 saturated carbocycles. The van der Waals surface area contributed by atoms with Gasteiger partial charge in [0.05, 0.1) is 17.8 Å². The van der Waals surface area contributed by atoms with Gasteiger partial charge in [0.25, 0.3) is 0 Å². The number of carbonyl (C=O) groups is 2. The predicted molar refractivity (Wildman–Crippen MR) is 70.8 cm³/mol. The van der Waals surface area contributed by atoms with Crippen molar-refractivity contribution in [2.24, 2.45) is 0 Å². The van der Waals surface area contributed by atoms with Crippen LogP contribution in [-0.4, -0.2) is 48.8 Å². The number of aromatic nitrogens is 4. The smallest absolute Gasteiger partial charge is 0.231 e. The molecular weight excluding hydrogens is 286 g/mol. The Labute approximate surface area is 118 Å². The van der Waals surface area contributed by atoms with Crippen LogP contribution in [0.1, 0.15) is 25.3 Å². The summed E-state index contributed by atoms with van der Waals surface area (Å²) >= 11 is 2.59. The van der Waals surface area contributed by atoms with E-state index in [1.165, 1.54) is 23.5 Å². The molecule has 9 heteroatoms. The molecule has 19 heavy (non-hydrogen) atoms. The molecule has 1 aromatic heterocycles. The van der Waals surface area contributed by atoms with Crippen LogP contribution in [0.25, 0.3) is 0 Å². The summed E-state index contributed by atoms with van der Waals surface area (Å²) in [5, 5.41) is 14.9. The third kappa shape index (κ3) is 3.08. The maximum Gasteiger partial charge on any atom is 0.231 e. The molecule has 1 aliphatic carbocycles. The first-order valence-corrected chi connectivity index (χ1v) is 8.08. The zero-order valence-corrected chi connectivity index (χ0v) is 11.7. The van der Waals surface area contributed by atoms with Crippen LogP contribution < -0.4 is 5.32 Å². The monoisotopic (exact) mass is 299 g/mol. The summed E-state index contributed by atoms with van der Waals surface area (Å²) < 4.78 is 1.77. The highest BCUT2D eigenvalue weighted by atomic mass is 32.2. The molecule has 1 N–H and O–H groups in total. The van der Waals surface area contributed by atoms with Crippen LogP contribution in [0.4, 0.5) is 0 Å². The van der Waals surface area contributed by atoms with Crippen LogP contribution in [0.15, 0.2) is 5.16 Å². The Balaban J connectivity index is 1.50. The second-order valence-electron chi connectivity index (χ2n) is 4.50. The summed E-state index contributed by atoms with van der Waals surface area (Å²) in [6.45, 7) is 0. The zero-order chi connectivity index (χ0) is 13.2. The van der Waals surface area contributed by atoms with E-state index in [4.69, 9.17) is 0 Å². The Morgan fingerprint density at radius 3 is 3.00 bits per heavy atom. The van der Waals surface area contributed by atoms with Crippen molar-refractivity contribution < 1.29 is 9.59 Å². The van der Waals surface area contributed by atoms with Gasteiger partial charge in [-0.3, -0.25) is 9.59 Å². The summed E-state index contributed by atoms with van der Waals surface area (Å²) in [5.74, 6) is 0.884. The predicted octanol–water partition coefficient (Wildman–Crippen LogP) is 0.248. The van der Waals surface area contributed by atoms with Crippen LogP contribution in [0.5, 0.6) is 0 Å². The minimum absolute atomic E-state index is 0.0566. The lowest BCUT2D eigenvalue weighted by Crippen LogP contribution is -2.38. The van der Waals surface area contributed by atoms with E-state index in [1.54, 1.807) is 4.68 Å². The van der Waals surface area contributed by atoms with Crippen LogP contribution >= 0.6 is 23.5 Å². The first kappa shape index (κ1) is 12.9. The molecule has 0 spiro atoms. The molecule has 7 nitrogen and oxygen atoms in total. The molecule has 2 heterocycles.